The zero-order chi connectivity index (χ0) is 19.6. The fraction of sp³-hybridized carbons (Fsp3) is 0.727. The third kappa shape index (κ3) is 8.28. The smallest absolute Gasteiger partial charge is 0.213 e. The summed E-state index contributed by atoms with van der Waals surface area (Å²) in [5.74, 6) is 1.64. The number of pyridine rings is 1. The summed E-state index contributed by atoms with van der Waals surface area (Å²) in [5.41, 5.74) is 1.11. The fourth-order valence-corrected chi connectivity index (χ4v) is 4.05. The molecule has 1 aromatic heterocycles. The number of aromatic nitrogens is 1. The van der Waals surface area contributed by atoms with E-state index in [1.165, 1.54) is 51.7 Å². The summed E-state index contributed by atoms with van der Waals surface area (Å²) in [6.45, 7) is 9.43. The van der Waals surface area contributed by atoms with Gasteiger partial charge in [0.2, 0.25) is 5.88 Å². The minimum Gasteiger partial charge on any atom is -0.474 e. The number of hydrogen-bond donors (Lipinski definition) is 2. The van der Waals surface area contributed by atoms with Crippen molar-refractivity contribution in [3.8, 4) is 5.88 Å². The molecule has 1 aliphatic heterocycles. The lowest BCUT2D eigenvalue weighted by molar-refractivity contribution is 0.201. The van der Waals surface area contributed by atoms with Gasteiger partial charge in [0.15, 0.2) is 5.96 Å². The van der Waals surface area contributed by atoms with E-state index in [1.807, 2.05) is 12.3 Å². The second-order valence-electron chi connectivity index (χ2n) is 7.98. The van der Waals surface area contributed by atoms with Gasteiger partial charge in [-0.05, 0) is 64.0 Å². The average Bonchev–Trinajstić information content (AvgIpc) is 3.22. The molecule has 0 unspecified atom stereocenters. The first-order chi connectivity index (χ1) is 13.8. The zero-order valence-electron chi connectivity index (χ0n) is 18.0. The first-order valence-corrected chi connectivity index (χ1v) is 11.2. The summed E-state index contributed by atoms with van der Waals surface area (Å²) >= 11 is 0. The molecule has 2 aliphatic rings. The molecule has 29 heavy (non-hydrogen) atoms. The Labute approximate surface area is 193 Å². The van der Waals surface area contributed by atoms with Gasteiger partial charge in [0.25, 0.3) is 0 Å². The van der Waals surface area contributed by atoms with Gasteiger partial charge < -0.3 is 20.3 Å². The van der Waals surface area contributed by atoms with Gasteiger partial charge in [-0.1, -0.05) is 13.0 Å². The highest BCUT2D eigenvalue weighted by Crippen LogP contribution is 2.22. The summed E-state index contributed by atoms with van der Waals surface area (Å²) in [4.78, 5) is 11.8. The second-order valence-corrected chi connectivity index (χ2v) is 7.98. The van der Waals surface area contributed by atoms with Gasteiger partial charge in [-0.15, -0.1) is 24.0 Å². The first-order valence-electron chi connectivity index (χ1n) is 11.2. The fourth-order valence-electron chi connectivity index (χ4n) is 4.05. The molecule has 1 saturated heterocycles. The Bertz CT molecular complexity index is 596. The maximum atomic E-state index is 5.95. The van der Waals surface area contributed by atoms with E-state index in [-0.39, 0.29) is 24.0 Å². The van der Waals surface area contributed by atoms with E-state index in [2.05, 4.69) is 40.4 Å². The lowest BCUT2D eigenvalue weighted by Gasteiger charge is -2.32. The number of nitrogens with zero attached hydrogens (tertiary/aromatic N) is 3. The summed E-state index contributed by atoms with van der Waals surface area (Å²) in [7, 11) is 0. The number of piperidine rings is 1. The second kappa shape index (κ2) is 13.3. The van der Waals surface area contributed by atoms with Gasteiger partial charge in [0.1, 0.15) is 6.10 Å². The molecule has 0 spiro atoms. The molecule has 1 aromatic rings. The SMILES string of the molecule is CCCN1CCC(NC(=NCc2ccc(OC3CCCC3)nc2)NCC)CC1.I. The van der Waals surface area contributed by atoms with Crippen LogP contribution in [0.1, 0.15) is 64.4 Å². The summed E-state index contributed by atoms with van der Waals surface area (Å²) in [6, 6.07) is 4.56. The molecular weight excluding hydrogens is 477 g/mol. The molecule has 3 rings (SSSR count). The number of hydrogen-bond acceptors (Lipinski definition) is 4. The summed E-state index contributed by atoms with van der Waals surface area (Å²) in [6.07, 6.45) is 10.7. The van der Waals surface area contributed by atoms with Crippen molar-refractivity contribution >= 4 is 29.9 Å². The predicted molar refractivity (Wildman–Crippen MR) is 130 cm³/mol. The van der Waals surface area contributed by atoms with Crippen LogP contribution in [-0.2, 0) is 6.54 Å². The monoisotopic (exact) mass is 515 g/mol. The van der Waals surface area contributed by atoms with Crippen LogP contribution in [0.25, 0.3) is 0 Å². The van der Waals surface area contributed by atoms with Crippen LogP contribution in [0.4, 0.5) is 0 Å². The normalized spacial score (nSPS) is 19.0. The number of aliphatic imine (C=N–C) groups is 1. The van der Waals surface area contributed by atoms with Gasteiger partial charge in [-0.3, -0.25) is 0 Å². The molecule has 2 N–H and O–H groups in total. The molecule has 6 nitrogen and oxygen atoms in total. The molecule has 2 heterocycles. The van der Waals surface area contributed by atoms with Gasteiger partial charge in [-0.25, -0.2) is 9.98 Å². The Kier molecular flexibility index (Phi) is 11.1. The maximum absolute atomic E-state index is 5.95. The van der Waals surface area contributed by atoms with Crippen molar-refractivity contribution in [1.82, 2.24) is 20.5 Å². The van der Waals surface area contributed by atoms with Crippen molar-refractivity contribution in [2.75, 3.05) is 26.2 Å². The van der Waals surface area contributed by atoms with E-state index in [0.717, 1.165) is 36.8 Å². The molecule has 164 valence electrons. The molecule has 0 amide bonds. The Morgan fingerprint density at radius 3 is 2.55 bits per heavy atom. The van der Waals surface area contributed by atoms with Crippen LogP contribution in [0.15, 0.2) is 23.3 Å². The van der Waals surface area contributed by atoms with Crippen molar-refractivity contribution in [3.63, 3.8) is 0 Å². The highest BCUT2D eigenvalue weighted by atomic mass is 127. The largest absolute Gasteiger partial charge is 0.474 e. The standard InChI is InChI=1S/C22H37N5O.HI/c1-3-13-27-14-11-19(12-15-27)26-22(23-4-2)25-17-18-9-10-21(24-16-18)28-20-7-5-6-8-20;/h9-10,16,19-20H,3-8,11-15,17H2,1-2H3,(H2,23,25,26);1H. The molecule has 0 bridgehead atoms. The van der Waals surface area contributed by atoms with Crippen LogP contribution in [0.2, 0.25) is 0 Å². The third-order valence-corrected chi connectivity index (χ3v) is 5.62. The lowest BCUT2D eigenvalue weighted by Crippen LogP contribution is -2.48. The number of nitrogens with one attached hydrogen (secondary N) is 2. The van der Waals surface area contributed by atoms with E-state index in [0.29, 0.717) is 18.7 Å². The molecule has 2 fully saturated rings. The van der Waals surface area contributed by atoms with E-state index < -0.39 is 0 Å². The van der Waals surface area contributed by atoms with Gasteiger partial charge in [0, 0.05) is 37.9 Å². The van der Waals surface area contributed by atoms with Crippen LogP contribution >= 0.6 is 24.0 Å². The number of ether oxygens (including phenoxy) is 1. The van der Waals surface area contributed by atoms with Crippen LogP contribution in [-0.4, -0.2) is 54.2 Å². The van der Waals surface area contributed by atoms with E-state index in [1.54, 1.807) is 0 Å². The van der Waals surface area contributed by atoms with Crippen LogP contribution in [0.3, 0.4) is 0 Å². The van der Waals surface area contributed by atoms with Crippen LogP contribution in [0, 0.1) is 0 Å². The average molecular weight is 515 g/mol. The van der Waals surface area contributed by atoms with Gasteiger partial charge in [0.05, 0.1) is 6.54 Å². The highest BCUT2D eigenvalue weighted by Gasteiger charge is 2.19. The van der Waals surface area contributed by atoms with Crippen molar-refractivity contribution in [2.24, 2.45) is 4.99 Å². The van der Waals surface area contributed by atoms with E-state index >= 15 is 0 Å². The van der Waals surface area contributed by atoms with Gasteiger partial charge >= 0.3 is 0 Å². The molecule has 7 heteroatoms. The quantitative estimate of drug-likeness (QED) is 0.312. The van der Waals surface area contributed by atoms with Crippen molar-refractivity contribution in [2.45, 2.75) is 77.5 Å². The van der Waals surface area contributed by atoms with E-state index in [4.69, 9.17) is 9.73 Å². The van der Waals surface area contributed by atoms with Crippen LogP contribution < -0.4 is 15.4 Å². The Balaban J connectivity index is 0.00000300. The summed E-state index contributed by atoms with van der Waals surface area (Å²) < 4.78 is 5.95. The number of rotatable bonds is 8. The number of likely N-dealkylation sites (tertiary alicyclic amines) is 1. The molecular formula is C22H38IN5O. The molecule has 1 aliphatic carbocycles. The Morgan fingerprint density at radius 2 is 1.93 bits per heavy atom. The maximum Gasteiger partial charge on any atom is 0.213 e. The minimum atomic E-state index is 0. The first kappa shape index (κ1) is 24.2. The number of guanidine groups is 1. The van der Waals surface area contributed by atoms with Gasteiger partial charge in [-0.2, -0.15) is 0 Å². The predicted octanol–water partition coefficient (Wildman–Crippen LogP) is 3.95. The van der Waals surface area contributed by atoms with Crippen molar-refractivity contribution < 1.29 is 4.74 Å². The van der Waals surface area contributed by atoms with Crippen LogP contribution in [0.5, 0.6) is 5.88 Å². The Morgan fingerprint density at radius 1 is 1.17 bits per heavy atom. The third-order valence-electron chi connectivity index (χ3n) is 5.62. The topological polar surface area (TPSA) is 61.8 Å². The number of halogens is 1. The minimum absolute atomic E-state index is 0. The summed E-state index contributed by atoms with van der Waals surface area (Å²) in [5, 5.41) is 6.99. The molecule has 0 radical (unpaired) electrons. The molecule has 0 atom stereocenters. The molecule has 1 saturated carbocycles. The van der Waals surface area contributed by atoms with E-state index in [9.17, 15) is 0 Å². The van der Waals surface area contributed by atoms with Crippen molar-refractivity contribution in [3.05, 3.63) is 23.9 Å². The highest BCUT2D eigenvalue weighted by molar-refractivity contribution is 14.0. The molecule has 0 aromatic carbocycles. The zero-order valence-corrected chi connectivity index (χ0v) is 20.4. The lowest BCUT2D eigenvalue weighted by atomic mass is 10.1. The van der Waals surface area contributed by atoms with Crippen molar-refractivity contribution in [1.29, 1.82) is 0 Å². The Hall–Kier alpha value is -1.09.